The Bertz CT molecular complexity index is 521. The van der Waals surface area contributed by atoms with Gasteiger partial charge in [-0.15, -0.1) is 0 Å². The number of carbonyl (C=O) groups is 2. The highest BCUT2D eigenvalue weighted by Gasteiger charge is 2.19. The Balaban J connectivity index is 3.00. The Morgan fingerprint density at radius 2 is 1.95 bits per heavy atom. The Morgan fingerprint density at radius 1 is 1.30 bits per heavy atom. The number of rotatable bonds is 6. The van der Waals surface area contributed by atoms with Gasteiger partial charge >= 0.3 is 0 Å². The van der Waals surface area contributed by atoms with Gasteiger partial charge in [-0.1, -0.05) is 13.3 Å². The van der Waals surface area contributed by atoms with Crippen molar-refractivity contribution in [3.63, 3.8) is 0 Å². The molecule has 1 unspecified atom stereocenters. The van der Waals surface area contributed by atoms with Crippen LogP contribution in [-0.2, 0) is 4.79 Å². The number of nitrogens with two attached hydrogens (primary N) is 2. The highest BCUT2D eigenvalue weighted by atomic mass is 19.1. The molecule has 0 fully saturated rings. The van der Waals surface area contributed by atoms with Crippen molar-refractivity contribution in [1.29, 1.82) is 0 Å². The second kappa shape index (κ2) is 6.95. The maximum atomic E-state index is 13.6. The molecule has 0 radical (unpaired) electrons. The summed E-state index contributed by atoms with van der Waals surface area (Å²) in [5, 5.41) is 2.30. The molecule has 1 atom stereocenters. The minimum atomic E-state index is -1.07. The summed E-state index contributed by atoms with van der Waals surface area (Å²) in [6.07, 6.45) is 1.29. The zero-order valence-corrected chi connectivity index (χ0v) is 11.1. The van der Waals surface area contributed by atoms with Crippen molar-refractivity contribution in [2.75, 3.05) is 11.9 Å². The van der Waals surface area contributed by atoms with Crippen LogP contribution in [0.3, 0.4) is 0 Å². The maximum Gasteiger partial charge on any atom is 0.251 e. The lowest BCUT2D eigenvalue weighted by molar-refractivity contribution is -0.119. The number of benzene rings is 1. The monoisotopic (exact) mass is 285 g/mol. The smallest absolute Gasteiger partial charge is 0.251 e. The van der Waals surface area contributed by atoms with E-state index in [-0.39, 0.29) is 12.2 Å². The summed E-state index contributed by atoms with van der Waals surface area (Å²) < 4.78 is 26.9. The van der Waals surface area contributed by atoms with E-state index in [9.17, 15) is 18.4 Å². The average molecular weight is 285 g/mol. The number of primary amides is 1. The van der Waals surface area contributed by atoms with Crippen LogP contribution in [0.15, 0.2) is 12.1 Å². The van der Waals surface area contributed by atoms with Crippen LogP contribution in [0, 0.1) is 17.6 Å². The fourth-order valence-electron chi connectivity index (χ4n) is 1.77. The molecule has 0 aliphatic carbocycles. The number of halogens is 2. The van der Waals surface area contributed by atoms with Gasteiger partial charge in [0.15, 0.2) is 0 Å². The quantitative estimate of drug-likeness (QED) is 0.736. The van der Waals surface area contributed by atoms with Gasteiger partial charge in [-0.2, -0.15) is 0 Å². The highest BCUT2D eigenvalue weighted by Crippen LogP contribution is 2.20. The van der Waals surface area contributed by atoms with Crippen molar-refractivity contribution >= 4 is 17.5 Å². The third-order valence-electron chi connectivity index (χ3n) is 2.87. The van der Waals surface area contributed by atoms with Crippen LogP contribution < -0.4 is 16.8 Å². The Morgan fingerprint density at radius 3 is 2.45 bits per heavy atom. The van der Waals surface area contributed by atoms with Crippen molar-refractivity contribution in [3.8, 4) is 0 Å². The molecule has 5 N–H and O–H groups in total. The predicted molar refractivity (Wildman–Crippen MR) is 71.0 cm³/mol. The van der Waals surface area contributed by atoms with Crippen LogP contribution in [0.5, 0.6) is 0 Å². The molecule has 0 aromatic heterocycles. The molecule has 1 rings (SSSR count). The summed E-state index contributed by atoms with van der Waals surface area (Å²) in [5.74, 6) is -4.04. The van der Waals surface area contributed by atoms with E-state index in [4.69, 9.17) is 11.5 Å². The van der Waals surface area contributed by atoms with E-state index in [1.165, 1.54) is 0 Å². The number of hydrogen-bond acceptors (Lipinski definition) is 3. The van der Waals surface area contributed by atoms with Gasteiger partial charge in [0.2, 0.25) is 5.91 Å². The SMILES string of the molecule is CCCC(CN)C(=O)Nc1cc(C(N)=O)c(F)cc1F. The average Bonchev–Trinajstić information content (AvgIpc) is 2.38. The molecule has 0 spiro atoms. The molecule has 0 heterocycles. The zero-order valence-electron chi connectivity index (χ0n) is 11.1. The molecule has 0 aliphatic heterocycles. The highest BCUT2D eigenvalue weighted by molar-refractivity contribution is 5.97. The number of amides is 2. The predicted octanol–water partition coefficient (Wildman–Crippen LogP) is 1.38. The van der Waals surface area contributed by atoms with Gasteiger partial charge in [-0.05, 0) is 12.5 Å². The van der Waals surface area contributed by atoms with Gasteiger partial charge in [0, 0.05) is 12.6 Å². The second-order valence-electron chi connectivity index (χ2n) is 4.39. The molecular weight excluding hydrogens is 268 g/mol. The third-order valence-corrected chi connectivity index (χ3v) is 2.87. The standard InChI is InChI=1S/C13H17F2N3O2/c1-2-3-7(6-16)13(20)18-11-4-8(12(17)19)9(14)5-10(11)15/h4-5,7H,2-3,6,16H2,1H3,(H2,17,19)(H,18,20). The topological polar surface area (TPSA) is 98.2 Å². The lowest BCUT2D eigenvalue weighted by Gasteiger charge is -2.15. The van der Waals surface area contributed by atoms with E-state index in [2.05, 4.69) is 5.32 Å². The molecule has 110 valence electrons. The van der Waals surface area contributed by atoms with Crippen LogP contribution in [0.2, 0.25) is 0 Å². The number of carbonyl (C=O) groups excluding carboxylic acids is 2. The van der Waals surface area contributed by atoms with E-state index in [0.717, 1.165) is 12.5 Å². The van der Waals surface area contributed by atoms with Gasteiger partial charge in [0.1, 0.15) is 11.6 Å². The molecule has 1 aromatic rings. The Kier molecular flexibility index (Phi) is 5.57. The molecule has 0 aliphatic rings. The van der Waals surface area contributed by atoms with Crippen molar-refractivity contribution in [3.05, 3.63) is 29.3 Å². The van der Waals surface area contributed by atoms with Crippen molar-refractivity contribution in [2.45, 2.75) is 19.8 Å². The van der Waals surface area contributed by atoms with Crippen LogP contribution in [0.4, 0.5) is 14.5 Å². The van der Waals surface area contributed by atoms with Crippen molar-refractivity contribution in [2.24, 2.45) is 17.4 Å². The summed E-state index contributed by atoms with van der Waals surface area (Å²) in [5.41, 5.74) is 9.65. The first-order valence-electron chi connectivity index (χ1n) is 6.20. The van der Waals surface area contributed by atoms with Crippen LogP contribution >= 0.6 is 0 Å². The molecule has 0 saturated carbocycles. The summed E-state index contributed by atoms with van der Waals surface area (Å²) >= 11 is 0. The molecule has 2 amide bonds. The number of hydrogen-bond donors (Lipinski definition) is 3. The van der Waals surface area contributed by atoms with Crippen LogP contribution in [0.1, 0.15) is 30.1 Å². The minimum absolute atomic E-state index is 0.116. The van der Waals surface area contributed by atoms with Gasteiger partial charge in [-0.3, -0.25) is 9.59 Å². The molecule has 5 nitrogen and oxygen atoms in total. The van der Waals surface area contributed by atoms with Crippen molar-refractivity contribution in [1.82, 2.24) is 0 Å². The maximum absolute atomic E-state index is 13.6. The largest absolute Gasteiger partial charge is 0.366 e. The Hall–Kier alpha value is -2.02. The molecule has 7 heteroatoms. The van der Waals surface area contributed by atoms with E-state index >= 15 is 0 Å². The van der Waals surface area contributed by atoms with Gasteiger partial charge < -0.3 is 16.8 Å². The third kappa shape index (κ3) is 3.74. The summed E-state index contributed by atoms with van der Waals surface area (Å²) in [6, 6.07) is 1.39. The number of nitrogens with one attached hydrogen (secondary N) is 1. The molecule has 20 heavy (non-hydrogen) atoms. The summed E-state index contributed by atoms with van der Waals surface area (Å²) in [6.45, 7) is 2.00. The molecular formula is C13H17F2N3O2. The minimum Gasteiger partial charge on any atom is -0.366 e. The molecule has 0 bridgehead atoms. The van der Waals surface area contributed by atoms with E-state index in [1.54, 1.807) is 0 Å². The first-order chi connectivity index (χ1) is 9.40. The summed E-state index contributed by atoms with van der Waals surface area (Å²) in [4.78, 5) is 22.9. The molecule has 0 saturated heterocycles. The van der Waals surface area contributed by atoms with E-state index < -0.39 is 34.9 Å². The van der Waals surface area contributed by atoms with E-state index in [1.807, 2.05) is 6.92 Å². The fourth-order valence-corrected chi connectivity index (χ4v) is 1.77. The first kappa shape index (κ1) is 16.0. The Labute approximate surface area is 115 Å². The second-order valence-corrected chi connectivity index (χ2v) is 4.39. The molecule has 1 aromatic carbocycles. The normalized spacial score (nSPS) is 12.0. The first-order valence-corrected chi connectivity index (χ1v) is 6.20. The van der Waals surface area contributed by atoms with Crippen LogP contribution in [0.25, 0.3) is 0 Å². The van der Waals surface area contributed by atoms with Crippen LogP contribution in [-0.4, -0.2) is 18.4 Å². The lowest BCUT2D eigenvalue weighted by atomic mass is 10.0. The number of anilines is 1. The lowest BCUT2D eigenvalue weighted by Crippen LogP contribution is -2.29. The van der Waals surface area contributed by atoms with Gasteiger partial charge in [0.25, 0.3) is 5.91 Å². The van der Waals surface area contributed by atoms with Gasteiger partial charge in [0.05, 0.1) is 17.2 Å². The fraction of sp³-hybridized carbons (Fsp3) is 0.385. The van der Waals surface area contributed by atoms with Crippen molar-refractivity contribution < 1.29 is 18.4 Å². The van der Waals surface area contributed by atoms with Gasteiger partial charge in [-0.25, -0.2) is 8.78 Å². The summed E-state index contributed by atoms with van der Waals surface area (Å²) in [7, 11) is 0. The zero-order chi connectivity index (χ0) is 15.3. The van der Waals surface area contributed by atoms with E-state index in [0.29, 0.717) is 12.5 Å².